The van der Waals surface area contributed by atoms with E-state index in [1.54, 1.807) is 11.3 Å². The van der Waals surface area contributed by atoms with Gasteiger partial charge in [0.15, 0.2) is 0 Å². The monoisotopic (exact) mass is 174 g/mol. The summed E-state index contributed by atoms with van der Waals surface area (Å²) in [6.45, 7) is 0. The van der Waals surface area contributed by atoms with Crippen molar-refractivity contribution in [1.29, 1.82) is 0 Å². The van der Waals surface area contributed by atoms with Crippen LogP contribution in [0.2, 0.25) is 0 Å². The Balaban J connectivity index is 2.45. The predicted molar refractivity (Wildman–Crippen MR) is 53.0 cm³/mol. The molecule has 0 amide bonds. The van der Waals surface area contributed by atoms with Crippen LogP contribution in [0.3, 0.4) is 0 Å². The zero-order chi connectivity index (χ0) is 8.39. The summed E-state index contributed by atoms with van der Waals surface area (Å²) < 4.78 is 0. The van der Waals surface area contributed by atoms with Crippen LogP contribution in [0.5, 0.6) is 0 Å². The fourth-order valence-electron chi connectivity index (χ4n) is 1.06. The van der Waals surface area contributed by atoms with E-state index in [-0.39, 0.29) is 0 Å². The lowest BCUT2D eigenvalue weighted by Gasteiger charge is -1.93. The number of thiophene rings is 1. The van der Waals surface area contributed by atoms with E-state index in [0.717, 1.165) is 5.00 Å². The molecule has 0 fully saturated rings. The van der Waals surface area contributed by atoms with Crippen LogP contribution in [0.4, 0.5) is 5.00 Å². The first-order valence-corrected chi connectivity index (χ1v) is 4.50. The first-order chi connectivity index (χ1) is 5.86. The van der Waals surface area contributed by atoms with Gasteiger partial charge in [-0.3, -0.25) is 0 Å². The molecule has 0 unspecified atom stereocenters. The van der Waals surface area contributed by atoms with Gasteiger partial charge in [-0.05, 0) is 11.6 Å². The van der Waals surface area contributed by atoms with Gasteiger partial charge in [0.1, 0.15) is 0 Å². The van der Waals surface area contributed by atoms with E-state index in [2.05, 4.69) is 18.2 Å². The van der Waals surface area contributed by atoms with E-state index in [1.165, 1.54) is 10.4 Å². The molecule has 0 aliphatic heterocycles. The maximum absolute atomic E-state index is 5.58. The Morgan fingerprint density at radius 3 is 2.50 bits per heavy atom. The van der Waals surface area contributed by atoms with Crippen molar-refractivity contribution in [3.63, 3.8) is 0 Å². The van der Waals surface area contributed by atoms with Crippen molar-refractivity contribution < 1.29 is 0 Å². The number of benzene rings is 1. The first kappa shape index (κ1) is 7.37. The molecule has 1 nitrogen and oxygen atoms in total. The third kappa shape index (κ3) is 1.34. The maximum atomic E-state index is 5.58. The molecule has 2 aromatic rings. The number of anilines is 1. The lowest BCUT2D eigenvalue weighted by molar-refractivity contribution is 1.70. The Labute approximate surface area is 75.5 Å². The quantitative estimate of drug-likeness (QED) is 0.706. The molecule has 1 aromatic heterocycles. The van der Waals surface area contributed by atoms with E-state index in [9.17, 15) is 0 Å². The standard InChI is InChI=1S/C10H8NS/c11-10-7-6-9(12-10)8-4-2-1-3-5-8/h1-6H,11H2. The highest BCUT2D eigenvalue weighted by Crippen LogP contribution is 2.28. The second-order valence-electron chi connectivity index (χ2n) is 2.49. The number of nitrogens with two attached hydrogens (primary N) is 1. The number of nitrogen functional groups attached to an aromatic ring is 1. The predicted octanol–water partition coefficient (Wildman–Crippen LogP) is 2.80. The fraction of sp³-hybridized carbons (Fsp3) is 0. The number of hydrogen-bond donors (Lipinski definition) is 1. The minimum absolute atomic E-state index is 0.744. The molecule has 1 aromatic carbocycles. The van der Waals surface area contributed by atoms with Gasteiger partial charge < -0.3 is 5.73 Å². The molecular formula is C10H8NS. The summed E-state index contributed by atoms with van der Waals surface area (Å²) in [5.74, 6) is 0. The summed E-state index contributed by atoms with van der Waals surface area (Å²) in [5.41, 5.74) is 6.78. The van der Waals surface area contributed by atoms with Gasteiger partial charge in [-0.15, -0.1) is 11.3 Å². The smallest absolute Gasteiger partial charge is 0.0943 e. The zero-order valence-electron chi connectivity index (χ0n) is 6.45. The summed E-state index contributed by atoms with van der Waals surface area (Å²) in [6.07, 6.45) is 0. The van der Waals surface area contributed by atoms with Crippen LogP contribution in [0.25, 0.3) is 10.4 Å². The highest BCUT2D eigenvalue weighted by Gasteiger charge is 1.98. The summed E-state index contributed by atoms with van der Waals surface area (Å²) in [6, 6.07) is 15.1. The number of rotatable bonds is 1. The van der Waals surface area contributed by atoms with Gasteiger partial charge in [0, 0.05) is 10.9 Å². The zero-order valence-corrected chi connectivity index (χ0v) is 7.27. The van der Waals surface area contributed by atoms with Crippen molar-refractivity contribution >= 4 is 16.3 Å². The van der Waals surface area contributed by atoms with Gasteiger partial charge in [0.25, 0.3) is 0 Å². The Bertz CT molecular complexity index is 364. The van der Waals surface area contributed by atoms with Crippen molar-refractivity contribution in [1.82, 2.24) is 0 Å². The normalized spacial score (nSPS) is 10.0. The average molecular weight is 174 g/mol. The van der Waals surface area contributed by atoms with E-state index in [4.69, 9.17) is 5.73 Å². The SMILES string of the molecule is Nc1[c]cc(-c2ccccc2)s1. The van der Waals surface area contributed by atoms with Gasteiger partial charge >= 0.3 is 0 Å². The fourth-order valence-corrected chi connectivity index (χ4v) is 1.79. The van der Waals surface area contributed by atoms with Crippen molar-refractivity contribution in [2.24, 2.45) is 0 Å². The van der Waals surface area contributed by atoms with Crippen molar-refractivity contribution in [3.05, 3.63) is 42.5 Å². The molecule has 0 bridgehead atoms. The van der Waals surface area contributed by atoms with E-state index < -0.39 is 0 Å². The summed E-state index contributed by atoms with van der Waals surface area (Å²) in [4.78, 5) is 1.17. The molecule has 0 atom stereocenters. The summed E-state index contributed by atoms with van der Waals surface area (Å²) in [7, 11) is 0. The molecule has 12 heavy (non-hydrogen) atoms. The highest BCUT2D eigenvalue weighted by atomic mass is 32.1. The van der Waals surface area contributed by atoms with Crippen molar-refractivity contribution in [2.45, 2.75) is 0 Å². The van der Waals surface area contributed by atoms with Gasteiger partial charge in [0.05, 0.1) is 5.00 Å². The molecule has 2 rings (SSSR count). The van der Waals surface area contributed by atoms with Gasteiger partial charge in [-0.2, -0.15) is 0 Å². The molecule has 0 aliphatic rings. The minimum atomic E-state index is 0.744. The van der Waals surface area contributed by atoms with E-state index in [1.807, 2.05) is 24.3 Å². The van der Waals surface area contributed by atoms with Crippen molar-refractivity contribution in [3.8, 4) is 10.4 Å². The topological polar surface area (TPSA) is 26.0 Å². The summed E-state index contributed by atoms with van der Waals surface area (Å²) in [5, 5.41) is 0.744. The molecule has 0 saturated carbocycles. The molecule has 1 radical (unpaired) electrons. The second-order valence-corrected chi connectivity index (χ2v) is 3.57. The molecular weight excluding hydrogens is 166 g/mol. The Kier molecular flexibility index (Phi) is 1.84. The highest BCUT2D eigenvalue weighted by molar-refractivity contribution is 7.19. The van der Waals surface area contributed by atoms with Gasteiger partial charge in [0.2, 0.25) is 0 Å². The largest absolute Gasteiger partial charge is 0.390 e. The van der Waals surface area contributed by atoms with Crippen molar-refractivity contribution in [2.75, 3.05) is 5.73 Å². The third-order valence-electron chi connectivity index (χ3n) is 1.62. The molecule has 0 saturated heterocycles. The van der Waals surface area contributed by atoms with E-state index in [0.29, 0.717) is 0 Å². The maximum Gasteiger partial charge on any atom is 0.0943 e. The Hall–Kier alpha value is -1.28. The molecule has 2 heteroatoms. The van der Waals surface area contributed by atoms with Crippen LogP contribution in [-0.2, 0) is 0 Å². The Morgan fingerprint density at radius 1 is 1.17 bits per heavy atom. The molecule has 0 aliphatic carbocycles. The van der Waals surface area contributed by atoms with Crippen LogP contribution < -0.4 is 5.73 Å². The Morgan fingerprint density at radius 2 is 1.92 bits per heavy atom. The third-order valence-corrected chi connectivity index (χ3v) is 2.53. The van der Waals surface area contributed by atoms with Crippen LogP contribution in [0, 0.1) is 6.07 Å². The van der Waals surface area contributed by atoms with Crippen LogP contribution in [0.15, 0.2) is 36.4 Å². The lowest BCUT2D eigenvalue weighted by atomic mass is 10.2. The number of hydrogen-bond acceptors (Lipinski definition) is 2. The van der Waals surface area contributed by atoms with Gasteiger partial charge in [-0.1, -0.05) is 30.3 Å². The van der Waals surface area contributed by atoms with Gasteiger partial charge in [-0.25, -0.2) is 0 Å². The van der Waals surface area contributed by atoms with Crippen LogP contribution >= 0.6 is 11.3 Å². The lowest BCUT2D eigenvalue weighted by Crippen LogP contribution is -1.73. The molecule has 2 N–H and O–H groups in total. The first-order valence-electron chi connectivity index (χ1n) is 3.68. The minimum Gasteiger partial charge on any atom is -0.390 e. The van der Waals surface area contributed by atoms with Crippen LogP contribution in [0.1, 0.15) is 0 Å². The molecule has 0 spiro atoms. The molecule has 59 valence electrons. The average Bonchev–Trinajstić information content (AvgIpc) is 2.54. The summed E-state index contributed by atoms with van der Waals surface area (Å²) >= 11 is 1.56. The molecule has 1 heterocycles. The van der Waals surface area contributed by atoms with Crippen LogP contribution in [-0.4, -0.2) is 0 Å². The second kappa shape index (κ2) is 2.99. The van der Waals surface area contributed by atoms with E-state index >= 15 is 0 Å².